The van der Waals surface area contributed by atoms with Gasteiger partial charge in [0.15, 0.2) is 0 Å². The van der Waals surface area contributed by atoms with E-state index in [9.17, 15) is 13.2 Å². The van der Waals surface area contributed by atoms with E-state index in [4.69, 9.17) is 0 Å². The first kappa shape index (κ1) is 17.8. The number of piperidine rings is 1. The largest absolute Gasteiger partial charge is 0.311 e. The molecule has 0 bridgehead atoms. The average Bonchev–Trinajstić information content (AvgIpc) is 2.60. The van der Waals surface area contributed by atoms with Crippen molar-refractivity contribution in [3.63, 3.8) is 0 Å². The summed E-state index contributed by atoms with van der Waals surface area (Å²) in [4.78, 5) is 14.8. The molecule has 1 amide bonds. The molecule has 1 saturated heterocycles. The first-order valence-corrected chi connectivity index (χ1v) is 10.9. The summed E-state index contributed by atoms with van der Waals surface area (Å²) in [5.41, 5.74) is 0.727. The summed E-state index contributed by atoms with van der Waals surface area (Å²) in [7, 11) is -3.52. The van der Waals surface area contributed by atoms with Crippen molar-refractivity contribution in [1.82, 2.24) is 4.31 Å². The van der Waals surface area contributed by atoms with Gasteiger partial charge in [-0.2, -0.15) is 4.31 Å². The van der Waals surface area contributed by atoms with E-state index in [2.05, 4.69) is 0 Å². The fourth-order valence-electron chi connectivity index (χ4n) is 3.52. The molecule has 1 fully saturated rings. The van der Waals surface area contributed by atoms with E-state index in [1.54, 1.807) is 33.1 Å². The number of anilines is 1. The van der Waals surface area contributed by atoms with Crippen LogP contribution in [0.1, 0.15) is 39.5 Å². The van der Waals surface area contributed by atoms with Crippen molar-refractivity contribution in [1.29, 1.82) is 0 Å². The Morgan fingerprint density at radius 2 is 2.08 bits per heavy atom. The molecule has 7 heteroatoms. The Morgan fingerprint density at radius 1 is 1.29 bits per heavy atom. The van der Waals surface area contributed by atoms with Gasteiger partial charge in [0.05, 0.1) is 10.6 Å². The maximum atomic E-state index is 13.1. The van der Waals surface area contributed by atoms with Gasteiger partial charge in [-0.05, 0) is 37.5 Å². The third kappa shape index (κ3) is 3.21. The predicted octanol–water partition coefficient (Wildman–Crippen LogP) is 3.10. The normalized spacial score (nSPS) is 22.2. The summed E-state index contributed by atoms with van der Waals surface area (Å²) in [5.74, 6) is 0.790. The topological polar surface area (TPSA) is 57.7 Å². The Balaban J connectivity index is 2.00. The molecule has 5 nitrogen and oxygen atoms in total. The van der Waals surface area contributed by atoms with Crippen LogP contribution in [0.4, 0.5) is 5.69 Å². The minimum atomic E-state index is -3.52. The third-order valence-corrected chi connectivity index (χ3v) is 7.82. The Morgan fingerprint density at radius 3 is 2.79 bits per heavy atom. The van der Waals surface area contributed by atoms with Gasteiger partial charge in [-0.15, -0.1) is 11.8 Å². The van der Waals surface area contributed by atoms with Gasteiger partial charge in [0, 0.05) is 36.7 Å². The molecule has 1 atom stereocenters. The lowest BCUT2D eigenvalue weighted by molar-refractivity contribution is -0.116. The second-order valence-electron chi connectivity index (χ2n) is 6.32. The first-order chi connectivity index (χ1) is 11.4. The molecule has 0 aliphatic carbocycles. The van der Waals surface area contributed by atoms with Crippen LogP contribution >= 0.6 is 11.8 Å². The smallest absolute Gasteiger partial charge is 0.243 e. The van der Waals surface area contributed by atoms with Gasteiger partial charge in [0.2, 0.25) is 15.9 Å². The van der Waals surface area contributed by atoms with Crippen LogP contribution in [-0.4, -0.2) is 43.5 Å². The highest BCUT2D eigenvalue weighted by Crippen LogP contribution is 2.37. The number of amides is 1. The maximum Gasteiger partial charge on any atom is 0.243 e. The van der Waals surface area contributed by atoms with Crippen LogP contribution in [0.25, 0.3) is 0 Å². The van der Waals surface area contributed by atoms with E-state index >= 15 is 0 Å². The van der Waals surface area contributed by atoms with Crippen molar-refractivity contribution in [2.45, 2.75) is 55.4 Å². The first-order valence-electron chi connectivity index (χ1n) is 8.52. The highest BCUT2D eigenvalue weighted by atomic mass is 32.2. The maximum absolute atomic E-state index is 13.1. The summed E-state index contributed by atoms with van der Waals surface area (Å²) in [5, 5.41) is 0. The summed E-state index contributed by atoms with van der Waals surface area (Å²) in [6.45, 7) is 4.78. The molecule has 2 aliphatic rings. The van der Waals surface area contributed by atoms with Gasteiger partial charge < -0.3 is 4.90 Å². The van der Waals surface area contributed by atoms with Gasteiger partial charge in [-0.1, -0.05) is 13.3 Å². The number of hydrogen-bond donors (Lipinski definition) is 0. The van der Waals surface area contributed by atoms with Crippen LogP contribution in [0.2, 0.25) is 0 Å². The lowest BCUT2D eigenvalue weighted by Gasteiger charge is -2.34. The zero-order chi connectivity index (χ0) is 17.3. The number of fused-ring (bicyclic) bond motifs is 1. The molecular weight excluding hydrogens is 344 g/mol. The SMILES string of the molecule is CCC1CCCCN1S(=O)(=O)c1ccc2c(c1)N(C(C)=O)CCS2. The van der Waals surface area contributed by atoms with Crippen molar-refractivity contribution < 1.29 is 13.2 Å². The number of hydrogen-bond acceptors (Lipinski definition) is 4. The zero-order valence-corrected chi connectivity index (χ0v) is 15.8. The molecule has 1 aromatic carbocycles. The molecular formula is C17H24N2O3S2. The molecule has 2 aliphatic heterocycles. The molecule has 0 spiro atoms. The van der Waals surface area contributed by atoms with Gasteiger partial charge in [-0.25, -0.2) is 8.42 Å². The number of sulfonamides is 1. The molecule has 0 saturated carbocycles. The van der Waals surface area contributed by atoms with Crippen molar-refractivity contribution in [2.24, 2.45) is 0 Å². The lowest BCUT2D eigenvalue weighted by atomic mass is 10.0. The van der Waals surface area contributed by atoms with Gasteiger partial charge >= 0.3 is 0 Å². The van der Waals surface area contributed by atoms with Crippen LogP contribution in [0.5, 0.6) is 0 Å². The number of rotatable bonds is 3. The van der Waals surface area contributed by atoms with Gasteiger partial charge in [0.1, 0.15) is 0 Å². The number of thioether (sulfide) groups is 1. The Labute approximate surface area is 148 Å². The monoisotopic (exact) mass is 368 g/mol. The summed E-state index contributed by atoms with van der Waals surface area (Å²) in [6, 6.07) is 5.29. The molecule has 1 aromatic rings. The van der Waals surface area contributed by atoms with Crippen LogP contribution in [0, 0.1) is 0 Å². The Bertz CT molecular complexity index is 733. The van der Waals surface area contributed by atoms with E-state index < -0.39 is 10.0 Å². The minimum Gasteiger partial charge on any atom is -0.311 e. The van der Waals surface area contributed by atoms with Gasteiger partial charge in [-0.3, -0.25) is 4.79 Å². The van der Waals surface area contributed by atoms with Crippen LogP contribution in [-0.2, 0) is 14.8 Å². The van der Waals surface area contributed by atoms with Gasteiger partial charge in [0.25, 0.3) is 0 Å². The number of benzene rings is 1. The highest BCUT2D eigenvalue weighted by Gasteiger charge is 2.33. The zero-order valence-electron chi connectivity index (χ0n) is 14.2. The third-order valence-electron chi connectivity index (χ3n) is 4.82. The highest BCUT2D eigenvalue weighted by molar-refractivity contribution is 7.99. The van der Waals surface area contributed by atoms with E-state index in [0.29, 0.717) is 18.0 Å². The molecule has 24 heavy (non-hydrogen) atoms. The fraction of sp³-hybridized carbons (Fsp3) is 0.588. The molecule has 1 unspecified atom stereocenters. The van der Waals surface area contributed by atoms with Crippen molar-refractivity contribution >= 4 is 33.4 Å². The standard InChI is InChI=1S/C17H24N2O3S2/c1-3-14-6-4-5-9-19(14)24(21,22)15-7-8-17-16(12-15)18(13(2)20)10-11-23-17/h7-8,12,14H,3-6,9-11H2,1-2H3. The summed E-state index contributed by atoms with van der Waals surface area (Å²) in [6.07, 6.45) is 3.76. The second-order valence-corrected chi connectivity index (χ2v) is 9.35. The van der Waals surface area contributed by atoms with Crippen molar-refractivity contribution in [3.8, 4) is 0 Å². The summed E-state index contributed by atoms with van der Waals surface area (Å²) < 4.78 is 27.9. The van der Waals surface area contributed by atoms with Crippen LogP contribution in [0.3, 0.4) is 0 Å². The van der Waals surface area contributed by atoms with Crippen molar-refractivity contribution in [3.05, 3.63) is 18.2 Å². The fourth-order valence-corrected chi connectivity index (χ4v) is 6.28. The van der Waals surface area contributed by atoms with E-state index in [0.717, 1.165) is 42.0 Å². The number of carbonyl (C=O) groups excluding carboxylic acids is 1. The van der Waals surface area contributed by atoms with E-state index in [-0.39, 0.29) is 11.9 Å². The Kier molecular flexibility index (Phi) is 5.22. The predicted molar refractivity (Wildman–Crippen MR) is 97.0 cm³/mol. The van der Waals surface area contributed by atoms with Crippen LogP contribution < -0.4 is 4.90 Å². The molecule has 2 heterocycles. The Hall–Kier alpha value is -1.05. The van der Waals surface area contributed by atoms with Crippen molar-refractivity contribution in [2.75, 3.05) is 23.7 Å². The number of nitrogens with zero attached hydrogens (tertiary/aromatic N) is 2. The molecule has 0 aromatic heterocycles. The quantitative estimate of drug-likeness (QED) is 0.823. The minimum absolute atomic E-state index is 0.0458. The number of carbonyl (C=O) groups is 1. The summed E-state index contributed by atoms with van der Waals surface area (Å²) >= 11 is 1.67. The molecule has 3 rings (SSSR count). The molecule has 0 N–H and O–H groups in total. The lowest BCUT2D eigenvalue weighted by Crippen LogP contribution is -2.43. The molecule has 132 valence electrons. The van der Waals surface area contributed by atoms with E-state index in [1.165, 1.54) is 6.92 Å². The van der Waals surface area contributed by atoms with Crippen LogP contribution in [0.15, 0.2) is 28.0 Å². The van der Waals surface area contributed by atoms with E-state index in [1.807, 2.05) is 13.0 Å². The molecule has 0 radical (unpaired) electrons. The average molecular weight is 369 g/mol. The second kappa shape index (κ2) is 7.06.